The average molecular weight is 144 g/mol. The molecule has 0 heteroatoms. The molecule has 56 valence electrons. The summed E-state index contributed by atoms with van der Waals surface area (Å²) in [6.45, 7) is 9.80. The first-order valence-electron chi connectivity index (χ1n) is 3.71. The summed E-state index contributed by atoms with van der Waals surface area (Å²) in [6.07, 6.45) is 6.87. The summed E-state index contributed by atoms with van der Waals surface area (Å²) in [5.41, 5.74) is 6.33. The maximum absolute atomic E-state index is 3.91. The van der Waals surface area contributed by atoms with Crippen molar-refractivity contribution >= 4 is 0 Å². The van der Waals surface area contributed by atoms with E-state index in [0.29, 0.717) is 0 Å². The molecule has 0 nitrogen and oxygen atoms in total. The molecule has 0 radical (unpaired) electrons. The molecule has 0 aromatic carbocycles. The standard InChI is InChI=1S/C11H12/c1-4-6-9(2)11-8-5-7-10(11)3/h4-6H,2-3,7H2,1H3/b6-4-. The third kappa shape index (κ3) is 1.60. The van der Waals surface area contributed by atoms with Crippen molar-refractivity contribution in [2.45, 2.75) is 13.3 Å². The molecule has 1 rings (SSSR count). The summed E-state index contributed by atoms with van der Waals surface area (Å²) >= 11 is 0. The number of hydrogen-bond acceptors (Lipinski definition) is 0. The Morgan fingerprint density at radius 3 is 2.91 bits per heavy atom. The largest absolute Gasteiger partial charge is 0.116 e. The maximum Gasteiger partial charge on any atom is 0.0257 e. The van der Waals surface area contributed by atoms with Crippen LogP contribution in [0.2, 0.25) is 0 Å². The Labute approximate surface area is 67.9 Å². The number of rotatable bonds is 2. The van der Waals surface area contributed by atoms with Gasteiger partial charge in [0.2, 0.25) is 0 Å². The van der Waals surface area contributed by atoms with Crippen molar-refractivity contribution < 1.29 is 0 Å². The van der Waals surface area contributed by atoms with E-state index in [1.165, 1.54) is 0 Å². The topological polar surface area (TPSA) is 0 Å². The van der Waals surface area contributed by atoms with E-state index >= 15 is 0 Å². The fourth-order valence-corrected chi connectivity index (χ4v) is 1.08. The highest BCUT2D eigenvalue weighted by atomic mass is 14.1. The van der Waals surface area contributed by atoms with Crippen LogP contribution in [0.15, 0.2) is 53.8 Å². The molecule has 0 spiro atoms. The normalized spacial score (nSPS) is 16.1. The molecule has 0 unspecified atom stereocenters. The fourth-order valence-electron chi connectivity index (χ4n) is 1.08. The first-order valence-corrected chi connectivity index (χ1v) is 3.71. The Morgan fingerprint density at radius 1 is 1.73 bits per heavy atom. The van der Waals surface area contributed by atoms with Gasteiger partial charge in [-0.25, -0.2) is 0 Å². The molecule has 1 aliphatic rings. The molecule has 1 aliphatic carbocycles. The van der Waals surface area contributed by atoms with Gasteiger partial charge in [-0.05, 0) is 30.6 Å². The van der Waals surface area contributed by atoms with Gasteiger partial charge in [-0.1, -0.05) is 25.3 Å². The molecule has 0 bridgehead atoms. The van der Waals surface area contributed by atoms with E-state index in [1.54, 1.807) is 0 Å². The quantitative estimate of drug-likeness (QED) is 0.412. The van der Waals surface area contributed by atoms with Gasteiger partial charge in [-0.3, -0.25) is 0 Å². The van der Waals surface area contributed by atoms with Crippen molar-refractivity contribution in [3.05, 3.63) is 53.8 Å². The molecular weight excluding hydrogens is 132 g/mol. The molecule has 0 atom stereocenters. The Morgan fingerprint density at radius 2 is 2.45 bits per heavy atom. The van der Waals surface area contributed by atoms with Crippen molar-refractivity contribution in [2.75, 3.05) is 0 Å². The van der Waals surface area contributed by atoms with Crippen molar-refractivity contribution in [1.29, 1.82) is 0 Å². The van der Waals surface area contributed by atoms with Crippen molar-refractivity contribution in [3.63, 3.8) is 0 Å². The predicted octanol–water partition coefficient (Wildman–Crippen LogP) is 3.16. The second-order valence-corrected chi connectivity index (χ2v) is 2.56. The summed E-state index contributed by atoms with van der Waals surface area (Å²) < 4.78 is 0. The zero-order valence-electron chi connectivity index (χ0n) is 6.85. The minimum absolute atomic E-state index is 0.923. The molecule has 0 aromatic rings. The van der Waals surface area contributed by atoms with Crippen LogP contribution in [0, 0.1) is 0 Å². The Hall–Kier alpha value is -1.26. The fraction of sp³-hybridized carbons (Fsp3) is 0.182. The number of hydrogen-bond donors (Lipinski definition) is 0. The predicted molar refractivity (Wildman–Crippen MR) is 49.3 cm³/mol. The maximum atomic E-state index is 3.91. The van der Waals surface area contributed by atoms with Crippen LogP contribution in [-0.4, -0.2) is 0 Å². The van der Waals surface area contributed by atoms with E-state index in [2.05, 4.69) is 18.9 Å². The molecule has 0 aromatic heterocycles. The zero-order valence-corrected chi connectivity index (χ0v) is 6.85. The monoisotopic (exact) mass is 144 g/mol. The smallest absolute Gasteiger partial charge is 0.0257 e. The van der Waals surface area contributed by atoms with Crippen LogP contribution in [0.4, 0.5) is 0 Å². The number of allylic oxidation sites excluding steroid dienone is 5. The lowest BCUT2D eigenvalue weighted by Crippen LogP contribution is -1.83. The second-order valence-electron chi connectivity index (χ2n) is 2.56. The lowest BCUT2D eigenvalue weighted by Gasteiger charge is -2.00. The van der Waals surface area contributed by atoms with Crippen LogP contribution in [0.1, 0.15) is 13.3 Å². The van der Waals surface area contributed by atoms with Gasteiger partial charge in [0, 0.05) is 5.57 Å². The van der Waals surface area contributed by atoms with Crippen molar-refractivity contribution in [1.82, 2.24) is 0 Å². The first kappa shape index (κ1) is 7.84. The van der Waals surface area contributed by atoms with Crippen LogP contribution >= 0.6 is 0 Å². The molecule has 0 N–H and O–H groups in total. The highest BCUT2D eigenvalue weighted by Gasteiger charge is 2.06. The molecule has 0 saturated carbocycles. The third-order valence-electron chi connectivity index (χ3n) is 1.64. The molecule has 0 aliphatic heterocycles. The molecule has 0 saturated heterocycles. The van der Waals surface area contributed by atoms with E-state index in [-0.39, 0.29) is 0 Å². The van der Waals surface area contributed by atoms with E-state index in [1.807, 2.05) is 25.2 Å². The lowest BCUT2D eigenvalue weighted by molar-refractivity contribution is 1.30. The Balaban J connectivity index is 2.84. The zero-order chi connectivity index (χ0) is 8.27. The van der Waals surface area contributed by atoms with Crippen LogP contribution in [0.5, 0.6) is 0 Å². The highest BCUT2D eigenvalue weighted by Crippen LogP contribution is 2.23. The molecule has 0 fully saturated rings. The molecule has 11 heavy (non-hydrogen) atoms. The van der Waals surface area contributed by atoms with E-state index in [0.717, 1.165) is 23.1 Å². The Bertz CT molecular complexity index is 281. The van der Waals surface area contributed by atoms with Crippen LogP contribution in [0.25, 0.3) is 0 Å². The van der Waals surface area contributed by atoms with E-state index < -0.39 is 0 Å². The minimum Gasteiger partial charge on any atom is -0.116 e. The van der Waals surface area contributed by atoms with Gasteiger partial charge in [0.15, 0.2) is 0 Å². The SMILES string of the molecule is C=C(/C=C\C)C1=C=CCC1=C. The van der Waals surface area contributed by atoms with Crippen LogP contribution < -0.4 is 0 Å². The van der Waals surface area contributed by atoms with E-state index in [4.69, 9.17) is 0 Å². The van der Waals surface area contributed by atoms with Gasteiger partial charge in [-0.2, -0.15) is 0 Å². The van der Waals surface area contributed by atoms with Crippen molar-refractivity contribution in [3.8, 4) is 0 Å². The third-order valence-corrected chi connectivity index (χ3v) is 1.64. The molecular formula is C11H12. The van der Waals surface area contributed by atoms with Gasteiger partial charge in [-0.15, -0.1) is 5.73 Å². The summed E-state index contributed by atoms with van der Waals surface area (Å²) in [6, 6.07) is 0. The summed E-state index contributed by atoms with van der Waals surface area (Å²) in [7, 11) is 0. The van der Waals surface area contributed by atoms with Gasteiger partial charge < -0.3 is 0 Å². The van der Waals surface area contributed by atoms with Crippen LogP contribution in [0.3, 0.4) is 0 Å². The average Bonchev–Trinajstić information content (AvgIpc) is 2.36. The van der Waals surface area contributed by atoms with Gasteiger partial charge in [0.1, 0.15) is 0 Å². The second kappa shape index (κ2) is 3.23. The Kier molecular flexibility index (Phi) is 2.30. The van der Waals surface area contributed by atoms with Gasteiger partial charge in [0.25, 0.3) is 0 Å². The van der Waals surface area contributed by atoms with Gasteiger partial charge >= 0.3 is 0 Å². The molecule has 0 heterocycles. The highest BCUT2D eigenvalue weighted by molar-refractivity contribution is 5.52. The minimum atomic E-state index is 0.923. The first-order chi connectivity index (χ1) is 5.25. The lowest BCUT2D eigenvalue weighted by atomic mass is 10.0. The summed E-state index contributed by atoms with van der Waals surface area (Å²) in [4.78, 5) is 0. The molecule has 0 amide bonds. The summed E-state index contributed by atoms with van der Waals surface area (Å²) in [5, 5.41) is 0. The van der Waals surface area contributed by atoms with E-state index in [9.17, 15) is 0 Å². The summed E-state index contributed by atoms with van der Waals surface area (Å²) in [5.74, 6) is 0. The van der Waals surface area contributed by atoms with Gasteiger partial charge in [0.05, 0.1) is 0 Å². The van der Waals surface area contributed by atoms with Crippen molar-refractivity contribution in [2.24, 2.45) is 0 Å². The van der Waals surface area contributed by atoms with Crippen LogP contribution in [-0.2, 0) is 0 Å².